The molecule has 2 heterocycles. The molecule has 8 nitrogen and oxygen atoms in total. The first-order valence-corrected chi connectivity index (χ1v) is 11.1. The van der Waals surface area contributed by atoms with Gasteiger partial charge in [0.25, 0.3) is 11.5 Å². The largest absolute Gasteiger partial charge is 0.496 e. The third kappa shape index (κ3) is 4.11. The normalized spacial score (nSPS) is 18.2. The summed E-state index contributed by atoms with van der Waals surface area (Å²) in [5.74, 6) is 0.779. The van der Waals surface area contributed by atoms with E-state index in [4.69, 9.17) is 4.74 Å². The van der Waals surface area contributed by atoms with Crippen molar-refractivity contribution in [3.63, 3.8) is 0 Å². The van der Waals surface area contributed by atoms with Gasteiger partial charge in [-0.15, -0.1) is 0 Å². The fourth-order valence-corrected chi connectivity index (χ4v) is 4.70. The number of aromatic amines is 2. The zero-order valence-corrected chi connectivity index (χ0v) is 18.3. The smallest absolute Gasteiger partial charge is 0.272 e. The van der Waals surface area contributed by atoms with E-state index in [1.165, 1.54) is 0 Å². The minimum absolute atomic E-state index is 0.0994. The van der Waals surface area contributed by atoms with E-state index in [0.29, 0.717) is 16.7 Å². The highest BCUT2D eigenvalue weighted by Crippen LogP contribution is 2.35. The predicted molar refractivity (Wildman–Crippen MR) is 125 cm³/mol. The van der Waals surface area contributed by atoms with Gasteiger partial charge < -0.3 is 10.1 Å². The van der Waals surface area contributed by atoms with E-state index in [1.54, 1.807) is 25.6 Å². The number of carbonyl (C=O) groups is 1. The number of methoxy groups -OCH3 is 1. The van der Waals surface area contributed by atoms with Crippen LogP contribution in [-0.4, -0.2) is 39.5 Å². The summed E-state index contributed by atoms with van der Waals surface area (Å²) in [6.07, 6.45) is 7.02. The van der Waals surface area contributed by atoms with Crippen molar-refractivity contribution in [3.05, 3.63) is 76.5 Å². The van der Waals surface area contributed by atoms with Crippen molar-refractivity contribution >= 4 is 16.7 Å². The summed E-state index contributed by atoms with van der Waals surface area (Å²) < 4.78 is 5.50. The van der Waals surface area contributed by atoms with E-state index in [2.05, 4.69) is 25.7 Å². The first-order chi connectivity index (χ1) is 16.1. The monoisotopic (exact) mass is 443 g/mol. The maximum absolute atomic E-state index is 12.9. The number of fused-ring (bicyclic) bond motifs is 1. The van der Waals surface area contributed by atoms with Crippen LogP contribution in [0.2, 0.25) is 0 Å². The van der Waals surface area contributed by atoms with Crippen molar-refractivity contribution in [3.8, 4) is 16.9 Å². The number of nitrogens with zero attached hydrogens (tertiary/aromatic N) is 2. The molecule has 0 saturated heterocycles. The molecule has 0 unspecified atom stereocenters. The van der Waals surface area contributed by atoms with E-state index < -0.39 is 0 Å². The van der Waals surface area contributed by atoms with E-state index in [9.17, 15) is 9.59 Å². The van der Waals surface area contributed by atoms with Crippen molar-refractivity contribution in [1.29, 1.82) is 0 Å². The Hall–Kier alpha value is -3.94. The molecule has 33 heavy (non-hydrogen) atoms. The third-order valence-electron chi connectivity index (χ3n) is 6.45. The molecule has 0 atom stereocenters. The van der Waals surface area contributed by atoms with Gasteiger partial charge in [-0.05, 0) is 49.9 Å². The molecule has 1 aliphatic carbocycles. The molecule has 1 saturated carbocycles. The second kappa shape index (κ2) is 8.90. The Labute approximate surface area is 190 Å². The van der Waals surface area contributed by atoms with Crippen LogP contribution in [0.3, 0.4) is 0 Å². The highest BCUT2D eigenvalue weighted by atomic mass is 16.5. The minimum Gasteiger partial charge on any atom is -0.496 e. The molecule has 0 spiro atoms. The van der Waals surface area contributed by atoms with E-state index in [1.807, 2.05) is 36.4 Å². The number of amides is 1. The molecule has 1 fully saturated rings. The topological polar surface area (TPSA) is 113 Å². The Morgan fingerprint density at radius 2 is 1.88 bits per heavy atom. The first-order valence-electron chi connectivity index (χ1n) is 11.1. The lowest BCUT2D eigenvalue weighted by Gasteiger charge is -2.29. The summed E-state index contributed by atoms with van der Waals surface area (Å²) in [5.41, 5.74) is 3.12. The number of nitrogens with one attached hydrogen (secondary N) is 3. The van der Waals surface area contributed by atoms with E-state index in [0.717, 1.165) is 47.9 Å². The van der Waals surface area contributed by atoms with Gasteiger partial charge in [0.15, 0.2) is 0 Å². The predicted octanol–water partition coefficient (Wildman–Crippen LogP) is 3.78. The zero-order chi connectivity index (χ0) is 22.8. The van der Waals surface area contributed by atoms with Crippen molar-refractivity contribution < 1.29 is 9.53 Å². The lowest BCUT2D eigenvalue weighted by atomic mass is 9.82. The summed E-state index contributed by atoms with van der Waals surface area (Å²) in [5, 5.41) is 18.5. The fraction of sp³-hybridized carbons (Fsp3) is 0.280. The summed E-state index contributed by atoms with van der Waals surface area (Å²) in [6.45, 7) is 0. The minimum atomic E-state index is -0.162. The van der Waals surface area contributed by atoms with Crippen LogP contribution >= 0.6 is 0 Å². The van der Waals surface area contributed by atoms with Crippen LogP contribution in [0.15, 0.2) is 59.7 Å². The third-order valence-corrected chi connectivity index (χ3v) is 6.45. The molecule has 8 heteroatoms. The first kappa shape index (κ1) is 20.9. The van der Waals surface area contributed by atoms with Crippen molar-refractivity contribution in [2.75, 3.05) is 7.11 Å². The Bertz CT molecular complexity index is 1340. The second-order valence-corrected chi connectivity index (χ2v) is 8.41. The van der Waals surface area contributed by atoms with Crippen LogP contribution in [0, 0.1) is 0 Å². The van der Waals surface area contributed by atoms with Gasteiger partial charge in [-0.25, -0.2) is 5.10 Å². The molecule has 0 radical (unpaired) electrons. The number of hydrogen-bond donors (Lipinski definition) is 3. The number of carbonyl (C=O) groups excluding carboxylic acids is 1. The molecule has 3 N–H and O–H groups in total. The highest BCUT2D eigenvalue weighted by molar-refractivity contribution is 5.95. The van der Waals surface area contributed by atoms with Crippen LogP contribution in [0.5, 0.6) is 5.75 Å². The number of H-pyrrole nitrogens is 2. The lowest BCUT2D eigenvalue weighted by Crippen LogP contribution is -2.37. The Morgan fingerprint density at radius 1 is 1.09 bits per heavy atom. The van der Waals surface area contributed by atoms with Gasteiger partial charge in [0.05, 0.1) is 24.4 Å². The molecule has 2 aromatic carbocycles. The van der Waals surface area contributed by atoms with Crippen LogP contribution in [0.1, 0.15) is 47.7 Å². The van der Waals surface area contributed by atoms with Gasteiger partial charge >= 0.3 is 0 Å². The van der Waals surface area contributed by atoms with Crippen molar-refractivity contribution in [2.24, 2.45) is 0 Å². The molecule has 2 aromatic heterocycles. The maximum atomic E-state index is 12.9. The van der Waals surface area contributed by atoms with Gasteiger partial charge in [-0.2, -0.15) is 10.2 Å². The van der Waals surface area contributed by atoms with Gasteiger partial charge in [0.2, 0.25) is 0 Å². The fourth-order valence-electron chi connectivity index (χ4n) is 4.70. The summed E-state index contributed by atoms with van der Waals surface area (Å²) >= 11 is 0. The van der Waals surface area contributed by atoms with Gasteiger partial charge in [-0.3, -0.25) is 14.7 Å². The van der Waals surface area contributed by atoms with E-state index >= 15 is 0 Å². The van der Waals surface area contributed by atoms with Gasteiger partial charge in [0.1, 0.15) is 5.75 Å². The summed E-state index contributed by atoms with van der Waals surface area (Å²) in [6, 6.07) is 13.1. The molecule has 0 bridgehead atoms. The zero-order valence-electron chi connectivity index (χ0n) is 18.3. The quantitative estimate of drug-likeness (QED) is 0.435. The molecule has 168 valence electrons. The molecule has 4 aromatic rings. The standard InChI is InChI=1S/C25H25N5O3/c1-33-22-12-16(8-11-19(22)17-13-26-27-14-17)24(31)28-18-9-6-15(7-10-18)23-20-4-2-3-5-21(20)25(32)30-29-23/h2-5,8,11-15,18H,6-7,9-10H2,1H3,(H,26,27)(H,28,31)(H,30,32). The molecule has 1 aliphatic rings. The lowest BCUT2D eigenvalue weighted by molar-refractivity contribution is 0.0925. The van der Waals surface area contributed by atoms with Gasteiger partial charge in [0, 0.05) is 40.2 Å². The van der Waals surface area contributed by atoms with Crippen LogP contribution < -0.4 is 15.6 Å². The second-order valence-electron chi connectivity index (χ2n) is 8.41. The van der Waals surface area contributed by atoms with E-state index in [-0.39, 0.29) is 23.4 Å². The number of aromatic nitrogens is 4. The number of benzene rings is 2. The molecule has 5 rings (SSSR count). The SMILES string of the molecule is COc1cc(C(=O)NC2CCC(c3n[nH]c(=O)c4ccccc34)CC2)ccc1-c1cn[nH]c1. The molecular weight excluding hydrogens is 418 g/mol. The van der Waals surface area contributed by atoms with Crippen molar-refractivity contribution in [2.45, 2.75) is 37.6 Å². The Kier molecular flexibility index (Phi) is 5.64. The average molecular weight is 444 g/mol. The highest BCUT2D eigenvalue weighted by Gasteiger charge is 2.26. The van der Waals surface area contributed by atoms with Crippen LogP contribution in [-0.2, 0) is 0 Å². The van der Waals surface area contributed by atoms with Crippen LogP contribution in [0.25, 0.3) is 21.9 Å². The summed E-state index contributed by atoms with van der Waals surface area (Å²) in [4.78, 5) is 25.0. The molecule has 0 aliphatic heterocycles. The number of ether oxygens (including phenoxy) is 1. The Morgan fingerprint density at radius 3 is 2.61 bits per heavy atom. The number of rotatable bonds is 5. The molecular formula is C25H25N5O3. The molecule has 1 amide bonds. The average Bonchev–Trinajstić information content (AvgIpc) is 3.39. The van der Waals surface area contributed by atoms with Crippen molar-refractivity contribution in [1.82, 2.24) is 25.7 Å². The Balaban J connectivity index is 1.26. The number of hydrogen-bond acceptors (Lipinski definition) is 5. The summed E-state index contributed by atoms with van der Waals surface area (Å²) in [7, 11) is 1.59. The van der Waals surface area contributed by atoms with Gasteiger partial charge in [-0.1, -0.05) is 18.2 Å². The van der Waals surface area contributed by atoms with Crippen LogP contribution in [0.4, 0.5) is 0 Å². The maximum Gasteiger partial charge on any atom is 0.272 e.